The molecule has 8 heteroatoms. The first-order valence-corrected chi connectivity index (χ1v) is 9.31. The number of rotatable bonds is 6. The number of esters is 1. The molecule has 1 heterocycles. The van der Waals surface area contributed by atoms with Crippen molar-refractivity contribution in [3.05, 3.63) is 35.9 Å². The number of methoxy groups -OCH3 is 1. The van der Waals surface area contributed by atoms with E-state index in [2.05, 4.69) is 10.6 Å². The summed E-state index contributed by atoms with van der Waals surface area (Å²) in [5, 5.41) is 5.82. The summed E-state index contributed by atoms with van der Waals surface area (Å²) in [5.41, 5.74) is 0.468. The molecule has 2 atom stereocenters. The van der Waals surface area contributed by atoms with Crippen molar-refractivity contribution < 1.29 is 23.9 Å². The van der Waals surface area contributed by atoms with E-state index in [0.717, 1.165) is 5.56 Å². The first-order valence-electron chi connectivity index (χ1n) is 9.31. The van der Waals surface area contributed by atoms with Crippen molar-refractivity contribution in [1.82, 2.24) is 15.5 Å². The molecule has 0 aromatic heterocycles. The summed E-state index contributed by atoms with van der Waals surface area (Å²) < 4.78 is 9.97. The van der Waals surface area contributed by atoms with Gasteiger partial charge in [0.2, 0.25) is 5.91 Å². The van der Waals surface area contributed by atoms with E-state index in [0.29, 0.717) is 19.5 Å². The van der Waals surface area contributed by atoms with Gasteiger partial charge in [0.05, 0.1) is 7.11 Å². The lowest BCUT2D eigenvalue weighted by atomic mass is 10.1. The molecule has 1 aliphatic heterocycles. The Kier molecular flexibility index (Phi) is 7.39. The molecule has 154 valence electrons. The predicted octanol–water partition coefficient (Wildman–Crippen LogP) is 1.44. The molecule has 1 aromatic rings. The molecular weight excluding hydrogens is 362 g/mol. The van der Waals surface area contributed by atoms with Crippen LogP contribution in [0.2, 0.25) is 0 Å². The summed E-state index contributed by atoms with van der Waals surface area (Å²) >= 11 is 0. The lowest BCUT2D eigenvalue weighted by molar-refractivity contribution is -0.150. The van der Waals surface area contributed by atoms with Crippen LogP contribution in [-0.4, -0.2) is 60.8 Å². The molecule has 1 fully saturated rings. The Hall–Kier alpha value is -2.61. The van der Waals surface area contributed by atoms with E-state index in [9.17, 15) is 14.4 Å². The van der Waals surface area contributed by atoms with Crippen LogP contribution in [0.25, 0.3) is 0 Å². The first-order chi connectivity index (χ1) is 13.2. The van der Waals surface area contributed by atoms with Crippen LogP contribution < -0.4 is 10.6 Å². The van der Waals surface area contributed by atoms with Gasteiger partial charge in [0.1, 0.15) is 18.2 Å². The van der Waals surface area contributed by atoms with Gasteiger partial charge in [0.15, 0.2) is 0 Å². The summed E-state index contributed by atoms with van der Waals surface area (Å²) in [6.07, 6.45) is -0.217. The van der Waals surface area contributed by atoms with Gasteiger partial charge in [-0.05, 0) is 32.8 Å². The molecule has 2 rings (SSSR count). The fourth-order valence-corrected chi connectivity index (χ4v) is 3.04. The molecule has 0 bridgehead atoms. The van der Waals surface area contributed by atoms with E-state index >= 15 is 0 Å². The van der Waals surface area contributed by atoms with Gasteiger partial charge in [-0.25, -0.2) is 9.59 Å². The number of likely N-dealkylation sites (tertiary alicyclic amines) is 1. The lowest BCUT2D eigenvalue weighted by Crippen LogP contribution is -2.47. The molecule has 0 radical (unpaired) electrons. The molecule has 1 aliphatic rings. The molecule has 1 aromatic carbocycles. The maximum Gasteiger partial charge on any atom is 0.408 e. The number of hydrogen-bond acceptors (Lipinski definition) is 6. The van der Waals surface area contributed by atoms with Gasteiger partial charge in [-0.2, -0.15) is 0 Å². The van der Waals surface area contributed by atoms with Gasteiger partial charge in [0.25, 0.3) is 0 Å². The summed E-state index contributed by atoms with van der Waals surface area (Å²) in [6, 6.07) is 9.16. The smallest absolute Gasteiger partial charge is 0.408 e. The monoisotopic (exact) mass is 391 g/mol. The van der Waals surface area contributed by atoms with Gasteiger partial charge in [-0.3, -0.25) is 4.79 Å². The Labute approximate surface area is 165 Å². The van der Waals surface area contributed by atoms with Crippen molar-refractivity contribution >= 4 is 18.0 Å². The van der Waals surface area contributed by atoms with Crippen LogP contribution in [0.3, 0.4) is 0 Å². The second kappa shape index (κ2) is 9.54. The van der Waals surface area contributed by atoms with Crippen LogP contribution in [0.4, 0.5) is 4.79 Å². The van der Waals surface area contributed by atoms with Crippen LogP contribution >= 0.6 is 0 Å². The zero-order chi connectivity index (χ0) is 20.7. The van der Waals surface area contributed by atoms with E-state index < -0.39 is 23.7 Å². The molecule has 2 amide bonds. The fraction of sp³-hybridized carbons (Fsp3) is 0.550. The molecule has 0 unspecified atom stereocenters. The summed E-state index contributed by atoms with van der Waals surface area (Å²) in [6.45, 7) is 5.98. The minimum atomic E-state index is -0.675. The third-order valence-corrected chi connectivity index (χ3v) is 4.32. The first kappa shape index (κ1) is 21.7. The largest absolute Gasteiger partial charge is 0.467 e. The number of alkyl carbamates (subject to hydrolysis) is 1. The van der Waals surface area contributed by atoms with Gasteiger partial charge in [0, 0.05) is 19.1 Å². The molecule has 1 saturated heterocycles. The minimum Gasteiger partial charge on any atom is -0.467 e. The van der Waals surface area contributed by atoms with Gasteiger partial charge >= 0.3 is 12.1 Å². The van der Waals surface area contributed by atoms with E-state index in [1.165, 1.54) is 12.0 Å². The van der Waals surface area contributed by atoms with Crippen molar-refractivity contribution in [2.24, 2.45) is 0 Å². The number of nitrogens with zero attached hydrogens (tertiary/aromatic N) is 1. The highest BCUT2D eigenvalue weighted by Gasteiger charge is 2.40. The average Bonchev–Trinajstić information content (AvgIpc) is 3.07. The van der Waals surface area contributed by atoms with Crippen LogP contribution in [0, 0.1) is 0 Å². The normalized spacial score (nSPS) is 19.2. The fourth-order valence-electron chi connectivity index (χ4n) is 3.04. The topological polar surface area (TPSA) is 97.0 Å². The summed E-state index contributed by atoms with van der Waals surface area (Å²) in [5.74, 6) is -0.820. The molecule has 8 nitrogen and oxygen atoms in total. The predicted molar refractivity (Wildman–Crippen MR) is 103 cm³/mol. The standard InChI is InChI=1S/C20H29N3O5/c1-20(2,3)28-19(26)22-12-17(24)23-13-15(10-16(23)18(25)27-4)21-11-14-8-6-5-7-9-14/h5-9,15-16,21H,10-13H2,1-4H3,(H,22,26)/t15-,16+/m1/s1. The minimum absolute atomic E-state index is 0.0465. The second-order valence-corrected chi connectivity index (χ2v) is 7.74. The number of carbonyl (C=O) groups excluding carboxylic acids is 3. The van der Waals surface area contributed by atoms with E-state index in [-0.39, 0.29) is 18.5 Å². The maximum atomic E-state index is 12.6. The third kappa shape index (κ3) is 6.53. The Balaban J connectivity index is 1.93. The van der Waals surface area contributed by atoms with Gasteiger partial charge in [-0.1, -0.05) is 30.3 Å². The highest BCUT2D eigenvalue weighted by atomic mass is 16.6. The lowest BCUT2D eigenvalue weighted by Gasteiger charge is -2.24. The Morgan fingerprint density at radius 1 is 1.18 bits per heavy atom. The second-order valence-electron chi connectivity index (χ2n) is 7.74. The Morgan fingerprint density at radius 3 is 2.46 bits per heavy atom. The van der Waals surface area contributed by atoms with Crippen LogP contribution in [0.15, 0.2) is 30.3 Å². The molecule has 2 N–H and O–H groups in total. The summed E-state index contributed by atoms with van der Waals surface area (Å²) in [4.78, 5) is 37.9. The quantitative estimate of drug-likeness (QED) is 0.713. The van der Waals surface area contributed by atoms with Gasteiger partial charge in [-0.15, -0.1) is 0 Å². The highest BCUT2D eigenvalue weighted by molar-refractivity contribution is 5.88. The van der Waals surface area contributed by atoms with Crippen LogP contribution in [-0.2, 0) is 25.6 Å². The van der Waals surface area contributed by atoms with Crippen molar-refractivity contribution in [1.29, 1.82) is 0 Å². The molecule has 0 spiro atoms. The van der Waals surface area contributed by atoms with Crippen molar-refractivity contribution in [3.63, 3.8) is 0 Å². The Morgan fingerprint density at radius 2 is 1.86 bits per heavy atom. The van der Waals surface area contributed by atoms with Crippen molar-refractivity contribution in [2.45, 2.75) is 51.4 Å². The number of ether oxygens (including phenoxy) is 2. The van der Waals surface area contributed by atoms with Crippen LogP contribution in [0.1, 0.15) is 32.8 Å². The highest BCUT2D eigenvalue weighted by Crippen LogP contribution is 2.20. The molecule has 0 aliphatic carbocycles. The zero-order valence-corrected chi connectivity index (χ0v) is 16.9. The average molecular weight is 391 g/mol. The van der Waals surface area contributed by atoms with Crippen molar-refractivity contribution in [3.8, 4) is 0 Å². The van der Waals surface area contributed by atoms with Gasteiger partial charge < -0.3 is 25.0 Å². The maximum absolute atomic E-state index is 12.6. The van der Waals surface area contributed by atoms with Crippen LogP contribution in [0.5, 0.6) is 0 Å². The summed E-state index contributed by atoms with van der Waals surface area (Å²) in [7, 11) is 1.30. The van der Waals surface area contributed by atoms with E-state index in [4.69, 9.17) is 9.47 Å². The van der Waals surface area contributed by atoms with Crippen molar-refractivity contribution in [2.75, 3.05) is 20.2 Å². The number of benzene rings is 1. The molecular formula is C20H29N3O5. The SMILES string of the molecule is COC(=O)[C@@H]1C[C@@H](NCc2ccccc2)CN1C(=O)CNC(=O)OC(C)(C)C. The number of hydrogen-bond donors (Lipinski definition) is 2. The third-order valence-electron chi connectivity index (χ3n) is 4.32. The Bertz CT molecular complexity index is 687. The zero-order valence-electron chi connectivity index (χ0n) is 16.9. The number of amides is 2. The van der Waals surface area contributed by atoms with E-state index in [1.807, 2.05) is 30.3 Å². The molecule has 0 saturated carbocycles. The number of carbonyl (C=O) groups is 3. The number of nitrogens with one attached hydrogen (secondary N) is 2. The van der Waals surface area contributed by atoms with E-state index in [1.54, 1.807) is 20.8 Å². The molecule has 28 heavy (non-hydrogen) atoms.